The van der Waals surface area contributed by atoms with Crippen LogP contribution in [0.15, 0.2) is 46.9 Å². The fourth-order valence-electron chi connectivity index (χ4n) is 2.54. The van der Waals surface area contributed by atoms with Crippen LogP contribution in [0.5, 0.6) is 0 Å². The molecule has 0 amide bonds. The van der Waals surface area contributed by atoms with E-state index in [-0.39, 0.29) is 0 Å². The minimum atomic E-state index is 0.393. The molecule has 0 aliphatic heterocycles. The molecule has 1 nitrogen and oxygen atoms in total. The maximum Gasteiger partial charge on any atom is 0.0441 e. The molecule has 1 N–H and O–H groups in total. The summed E-state index contributed by atoms with van der Waals surface area (Å²) < 4.78 is 1.13. The molecule has 0 aliphatic carbocycles. The fraction of sp³-hybridized carbons (Fsp3) is 0.333. The number of hydrogen-bond acceptors (Lipinski definition) is 1. The first-order valence-electron chi connectivity index (χ1n) is 7.31. The average molecular weight is 367 g/mol. The van der Waals surface area contributed by atoms with Crippen molar-refractivity contribution in [2.75, 3.05) is 6.54 Å². The molecule has 0 saturated carbocycles. The van der Waals surface area contributed by atoms with Crippen LogP contribution in [0, 0.1) is 6.92 Å². The molecular weight excluding hydrogens is 346 g/mol. The second kappa shape index (κ2) is 7.98. The summed E-state index contributed by atoms with van der Waals surface area (Å²) in [6, 6.07) is 15.2. The molecule has 1 unspecified atom stereocenters. The van der Waals surface area contributed by atoms with E-state index < -0.39 is 0 Å². The molecule has 0 aromatic heterocycles. The highest BCUT2D eigenvalue weighted by atomic mass is 79.9. The van der Waals surface area contributed by atoms with Gasteiger partial charge in [-0.1, -0.05) is 58.7 Å². The lowest BCUT2D eigenvalue weighted by atomic mass is 9.98. The first kappa shape index (κ1) is 16.5. The van der Waals surface area contributed by atoms with Crippen molar-refractivity contribution in [2.24, 2.45) is 0 Å². The zero-order chi connectivity index (χ0) is 15.2. The third-order valence-corrected chi connectivity index (χ3v) is 4.38. The second-order valence-electron chi connectivity index (χ2n) is 5.39. The molecule has 112 valence electrons. The van der Waals surface area contributed by atoms with E-state index in [4.69, 9.17) is 11.6 Å². The van der Waals surface area contributed by atoms with E-state index >= 15 is 0 Å². The van der Waals surface area contributed by atoms with E-state index in [1.54, 1.807) is 0 Å². The van der Waals surface area contributed by atoms with Crippen LogP contribution in [0.2, 0.25) is 5.02 Å². The summed E-state index contributed by atoms with van der Waals surface area (Å²) in [6.07, 6.45) is 1.94. The fourth-order valence-corrected chi connectivity index (χ4v) is 3.30. The number of halogens is 2. The van der Waals surface area contributed by atoms with Gasteiger partial charge in [-0.3, -0.25) is 0 Å². The Morgan fingerprint density at radius 1 is 1.14 bits per heavy atom. The van der Waals surface area contributed by atoms with Gasteiger partial charge in [-0.2, -0.15) is 0 Å². The normalized spacial score (nSPS) is 12.4. The van der Waals surface area contributed by atoms with Gasteiger partial charge in [0.05, 0.1) is 0 Å². The van der Waals surface area contributed by atoms with Crippen LogP contribution < -0.4 is 5.32 Å². The number of benzene rings is 2. The molecule has 0 spiro atoms. The Morgan fingerprint density at radius 3 is 2.62 bits per heavy atom. The van der Waals surface area contributed by atoms with Crippen LogP contribution in [0.3, 0.4) is 0 Å². The highest BCUT2D eigenvalue weighted by Crippen LogP contribution is 2.21. The zero-order valence-electron chi connectivity index (χ0n) is 12.5. The first-order chi connectivity index (χ1) is 10.1. The van der Waals surface area contributed by atoms with Gasteiger partial charge in [0, 0.05) is 15.5 Å². The molecule has 2 rings (SSSR count). The van der Waals surface area contributed by atoms with Gasteiger partial charge in [-0.25, -0.2) is 0 Å². The number of aryl methyl sites for hydroxylation is 1. The average Bonchev–Trinajstić information content (AvgIpc) is 2.42. The van der Waals surface area contributed by atoms with Gasteiger partial charge in [0.2, 0.25) is 0 Å². The van der Waals surface area contributed by atoms with Crippen LogP contribution >= 0.6 is 27.5 Å². The lowest BCUT2D eigenvalue weighted by molar-refractivity contribution is 0.521. The molecule has 3 heteroatoms. The number of likely N-dealkylation sites (N-methyl/N-ethyl adjacent to an activating group) is 1. The van der Waals surface area contributed by atoms with Crippen molar-refractivity contribution in [1.29, 1.82) is 0 Å². The topological polar surface area (TPSA) is 12.0 Å². The second-order valence-corrected chi connectivity index (χ2v) is 6.71. The molecule has 0 aliphatic rings. The highest BCUT2D eigenvalue weighted by Gasteiger charge is 2.12. The van der Waals surface area contributed by atoms with Gasteiger partial charge in [0.15, 0.2) is 0 Å². The Bertz CT molecular complexity index is 598. The number of nitrogens with one attached hydrogen (secondary N) is 1. The number of hydrogen-bond donors (Lipinski definition) is 1. The standard InChI is InChI=1S/C18H21BrClN/c1-3-21-17(11-14-5-4-6-16(19)10-14)12-15-8-7-13(2)9-18(15)20/h4-10,17,21H,3,11-12H2,1-2H3. The Hall–Kier alpha value is -0.830. The Labute approximate surface area is 140 Å². The number of rotatable bonds is 6. The predicted molar refractivity (Wildman–Crippen MR) is 95.2 cm³/mol. The summed E-state index contributed by atoms with van der Waals surface area (Å²) in [4.78, 5) is 0. The first-order valence-corrected chi connectivity index (χ1v) is 8.48. The third-order valence-electron chi connectivity index (χ3n) is 3.54. The van der Waals surface area contributed by atoms with Crippen LogP contribution in [0.1, 0.15) is 23.6 Å². The van der Waals surface area contributed by atoms with Gasteiger partial charge in [0.1, 0.15) is 0 Å². The van der Waals surface area contributed by atoms with Gasteiger partial charge < -0.3 is 5.32 Å². The molecule has 0 fully saturated rings. The van der Waals surface area contributed by atoms with Gasteiger partial charge in [-0.05, 0) is 61.2 Å². The van der Waals surface area contributed by atoms with E-state index in [1.165, 1.54) is 16.7 Å². The largest absolute Gasteiger partial charge is 0.314 e. The molecular formula is C18H21BrClN. The van der Waals surface area contributed by atoms with Crippen molar-refractivity contribution in [3.63, 3.8) is 0 Å². The lowest BCUT2D eigenvalue weighted by Crippen LogP contribution is -2.33. The van der Waals surface area contributed by atoms with Gasteiger partial charge >= 0.3 is 0 Å². The van der Waals surface area contributed by atoms with Crippen LogP contribution in [0.4, 0.5) is 0 Å². The van der Waals surface area contributed by atoms with E-state index in [0.29, 0.717) is 6.04 Å². The Kier molecular flexibility index (Phi) is 6.28. The van der Waals surface area contributed by atoms with Crippen molar-refractivity contribution >= 4 is 27.5 Å². The van der Waals surface area contributed by atoms with Crippen molar-refractivity contribution < 1.29 is 0 Å². The monoisotopic (exact) mass is 365 g/mol. The molecule has 0 saturated heterocycles. The van der Waals surface area contributed by atoms with Gasteiger partial charge in [0.25, 0.3) is 0 Å². The molecule has 2 aromatic rings. The van der Waals surface area contributed by atoms with E-state index in [2.05, 4.69) is 71.5 Å². The van der Waals surface area contributed by atoms with E-state index in [1.807, 2.05) is 6.07 Å². The van der Waals surface area contributed by atoms with Crippen LogP contribution in [-0.2, 0) is 12.8 Å². The van der Waals surface area contributed by atoms with Crippen molar-refractivity contribution in [1.82, 2.24) is 5.32 Å². The highest BCUT2D eigenvalue weighted by molar-refractivity contribution is 9.10. The molecule has 0 radical (unpaired) electrons. The van der Waals surface area contributed by atoms with Crippen molar-refractivity contribution in [2.45, 2.75) is 32.7 Å². The van der Waals surface area contributed by atoms with Crippen molar-refractivity contribution in [3.8, 4) is 0 Å². The predicted octanol–water partition coefficient (Wildman–Crippen LogP) is 5.17. The summed E-state index contributed by atoms with van der Waals surface area (Å²) in [6.45, 7) is 5.17. The summed E-state index contributed by atoms with van der Waals surface area (Å²) >= 11 is 9.90. The Balaban J connectivity index is 2.11. The minimum Gasteiger partial charge on any atom is -0.314 e. The van der Waals surface area contributed by atoms with Gasteiger partial charge in [-0.15, -0.1) is 0 Å². The van der Waals surface area contributed by atoms with E-state index in [9.17, 15) is 0 Å². The zero-order valence-corrected chi connectivity index (χ0v) is 14.8. The van der Waals surface area contributed by atoms with Crippen LogP contribution in [0.25, 0.3) is 0 Å². The Morgan fingerprint density at radius 2 is 1.95 bits per heavy atom. The molecule has 21 heavy (non-hydrogen) atoms. The third kappa shape index (κ3) is 5.14. The summed E-state index contributed by atoms with van der Waals surface area (Å²) in [5.41, 5.74) is 3.75. The molecule has 0 bridgehead atoms. The smallest absolute Gasteiger partial charge is 0.0441 e. The quantitative estimate of drug-likeness (QED) is 0.743. The van der Waals surface area contributed by atoms with Crippen LogP contribution in [-0.4, -0.2) is 12.6 Å². The maximum absolute atomic E-state index is 6.37. The summed E-state index contributed by atoms with van der Waals surface area (Å²) in [5.74, 6) is 0. The van der Waals surface area contributed by atoms with Crippen molar-refractivity contribution in [3.05, 3.63) is 68.7 Å². The maximum atomic E-state index is 6.37. The molecule has 1 atom stereocenters. The molecule has 2 aromatic carbocycles. The SMILES string of the molecule is CCNC(Cc1cccc(Br)c1)Cc1ccc(C)cc1Cl. The summed E-state index contributed by atoms with van der Waals surface area (Å²) in [5, 5.41) is 4.43. The minimum absolute atomic E-state index is 0.393. The molecule has 0 heterocycles. The summed E-state index contributed by atoms with van der Waals surface area (Å²) in [7, 11) is 0. The van der Waals surface area contributed by atoms with E-state index in [0.717, 1.165) is 28.9 Å². The lowest BCUT2D eigenvalue weighted by Gasteiger charge is -2.19.